The van der Waals surface area contributed by atoms with Crippen molar-refractivity contribution in [2.24, 2.45) is 0 Å². The van der Waals surface area contributed by atoms with Crippen LogP contribution < -0.4 is 0 Å². The molecule has 2 atom stereocenters. The van der Waals surface area contributed by atoms with Crippen LogP contribution in [0.25, 0.3) is 0 Å². The topological polar surface area (TPSA) is 12.5 Å². The molecule has 0 aromatic heterocycles. The van der Waals surface area contributed by atoms with E-state index in [1.807, 2.05) is 0 Å². The summed E-state index contributed by atoms with van der Waals surface area (Å²) in [4.78, 5) is 0. The minimum Gasteiger partial charge on any atom is -0.370 e. The van der Waals surface area contributed by atoms with Gasteiger partial charge in [0.15, 0.2) is 0 Å². The molecule has 1 aliphatic heterocycles. The van der Waals surface area contributed by atoms with Crippen LogP contribution in [0.5, 0.6) is 0 Å². The number of halogens is 1. The molecule has 0 aromatic carbocycles. The minimum absolute atomic E-state index is 0.549. The van der Waals surface area contributed by atoms with Crippen molar-refractivity contribution in [2.75, 3.05) is 5.88 Å². The highest BCUT2D eigenvalue weighted by Crippen LogP contribution is 2.26. The Balaban J connectivity index is 1.72. The largest absolute Gasteiger partial charge is 0.370 e. The van der Waals surface area contributed by atoms with Gasteiger partial charge in [-0.2, -0.15) is 0 Å². The van der Waals surface area contributed by atoms with Gasteiger partial charge in [-0.3, -0.25) is 0 Å². The first-order valence-corrected chi connectivity index (χ1v) is 5.59. The van der Waals surface area contributed by atoms with Crippen LogP contribution in [0, 0.1) is 0 Å². The highest BCUT2D eigenvalue weighted by molar-refractivity contribution is 6.17. The van der Waals surface area contributed by atoms with E-state index in [0.717, 1.165) is 5.88 Å². The highest BCUT2D eigenvalue weighted by atomic mass is 35.5. The van der Waals surface area contributed by atoms with Crippen LogP contribution in [0.4, 0.5) is 0 Å². The van der Waals surface area contributed by atoms with E-state index < -0.39 is 0 Å². The van der Waals surface area contributed by atoms with Gasteiger partial charge in [-0.25, -0.2) is 0 Å². The molecule has 1 aliphatic rings. The van der Waals surface area contributed by atoms with Crippen molar-refractivity contribution in [3.63, 3.8) is 0 Å². The second kappa shape index (κ2) is 5.82. The van der Waals surface area contributed by atoms with Gasteiger partial charge in [-0.05, 0) is 19.8 Å². The smallest absolute Gasteiger partial charge is 0.0839 e. The SMILES string of the molecule is CC1OC1CCCCCCCCl. The zero-order valence-corrected chi connectivity index (χ0v) is 8.65. The van der Waals surface area contributed by atoms with E-state index in [1.165, 1.54) is 38.5 Å². The Morgan fingerprint density at radius 1 is 1.08 bits per heavy atom. The molecule has 72 valence electrons. The first-order chi connectivity index (χ1) is 5.84. The monoisotopic (exact) mass is 190 g/mol. The lowest BCUT2D eigenvalue weighted by atomic mass is 10.1. The Morgan fingerprint density at radius 3 is 2.25 bits per heavy atom. The molecule has 1 nitrogen and oxygen atoms in total. The summed E-state index contributed by atoms with van der Waals surface area (Å²) in [5.41, 5.74) is 0. The molecule has 0 aliphatic carbocycles. The maximum Gasteiger partial charge on any atom is 0.0839 e. The Morgan fingerprint density at radius 2 is 1.67 bits per heavy atom. The fourth-order valence-corrected chi connectivity index (χ4v) is 1.69. The molecule has 2 unspecified atom stereocenters. The van der Waals surface area contributed by atoms with Crippen molar-refractivity contribution in [3.05, 3.63) is 0 Å². The maximum atomic E-state index is 5.57. The summed E-state index contributed by atoms with van der Waals surface area (Å²) in [6, 6.07) is 0. The second-order valence-electron chi connectivity index (χ2n) is 3.63. The van der Waals surface area contributed by atoms with Crippen molar-refractivity contribution >= 4 is 11.6 Å². The Labute approximate surface area is 80.4 Å². The van der Waals surface area contributed by atoms with Crippen molar-refractivity contribution < 1.29 is 4.74 Å². The first-order valence-electron chi connectivity index (χ1n) is 5.06. The summed E-state index contributed by atoms with van der Waals surface area (Å²) in [6.45, 7) is 2.15. The molecular weight excluding hydrogens is 172 g/mol. The fourth-order valence-electron chi connectivity index (χ4n) is 1.50. The summed E-state index contributed by atoms with van der Waals surface area (Å²) < 4.78 is 5.32. The van der Waals surface area contributed by atoms with Gasteiger partial charge in [0.1, 0.15) is 0 Å². The fraction of sp³-hybridized carbons (Fsp3) is 1.00. The number of epoxide rings is 1. The van der Waals surface area contributed by atoms with Gasteiger partial charge in [0.25, 0.3) is 0 Å². The van der Waals surface area contributed by atoms with Gasteiger partial charge >= 0.3 is 0 Å². The van der Waals surface area contributed by atoms with Crippen LogP contribution in [-0.4, -0.2) is 18.1 Å². The van der Waals surface area contributed by atoms with Crippen molar-refractivity contribution in [1.82, 2.24) is 0 Å². The minimum atomic E-state index is 0.549. The molecule has 1 fully saturated rings. The molecule has 0 spiro atoms. The van der Waals surface area contributed by atoms with Crippen molar-refractivity contribution in [2.45, 2.75) is 57.7 Å². The summed E-state index contributed by atoms with van der Waals surface area (Å²) >= 11 is 5.57. The van der Waals surface area contributed by atoms with Gasteiger partial charge in [-0.15, -0.1) is 11.6 Å². The average Bonchev–Trinajstić information content (AvgIpc) is 2.74. The van der Waals surface area contributed by atoms with Crippen LogP contribution in [0.3, 0.4) is 0 Å². The van der Waals surface area contributed by atoms with E-state index in [0.29, 0.717) is 12.2 Å². The standard InChI is InChI=1S/C10H19ClO/c1-9-10(12-9)7-5-3-2-4-6-8-11/h9-10H,2-8H2,1H3. The summed E-state index contributed by atoms with van der Waals surface area (Å²) in [6.07, 6.45) is 8.91. The van der Waals surface area contributed by atoms with Crippen LogP contribution in [-0.2, 0) is 4.74 Å². The average molecular weight is 191 g/mol. The van der Waals surface area contributed by atoms with Crippen LogP contribution in [0.2, 0.25) is 0 Å². The number of unbranched alkanes of at least 4 members (excludes halogenated alkanes) is 4. The van der Waals surface area contributed by atoms with Gasteiger partial charge in [0.05, 0.1) is 12.2 Å². The van der Waals surface area contributed by atoms with E-state index in [2.05, 4.69) is 6.92 Å². The molecule has 1 saturated heterocycles. The zero-order valence-electron chi connectivity index (χ0n) is 7.89. The Kier molecular flexibility index (Phi) is 5.01. The Hall–Kier alpha value is 0.250. The third kappa shape index (κ3) is 4.32. The van der Waals surface area contributed by atoms with Crippen LogP contribution in [0.1, 0.15) is 45.4 Å². The first kappa shape index (κ1) is 10.3. The summed E-state index contributed by atoms with van der Waals surface area (Å²) in [5.74, 6) is 0.822. The van der Waals surface area contributed by atoms with Gasteiger partial charge in [0, 0.05) is 5.88 Å². The van der Waals surface area contributed by atoms with Gasteiger partial charge in [-0.1, -0.05) is 25.7 Å². The lowest BCUT2D eigenvalue weighted by molar-refractivity contribution is 0.364. The molecule has 0 radical (unpaired) electrons. The lowest BCUT2D eigenvalue weighted by Gasteiger charge is -1.97. The molecule has 0 N–H and O–H groups in total. The molecule has 1 heterocycles. The van der Waals surface area contributed by atoms with Crippen molar-refractivity contribution in [1.29, 1.82) is 0 Å². The highest BCUT2D eigenvalue weighted by Gasteiger charge is 2.32. The predicted molar refractivity (Wildman–Crippen MR) is 52.8 cm³/mol. The second-order valence-corrected chi connectivity index (χ2v) is 4.00. The van der Waals surface area contributed by atoms with E-state index in [-0.39, 0.29) is 0 Å². The summed E-state index contributed by atoms with van der Waals surface area (Å²) in [7, 11) is 0. The quantitative estimate of drug-likeness (QED) is 0.341. The number of hydrogen-bond donors (Lipinski definition) is 0. The summed E-state index contributed by atoms with van der Waals surface area (Å²) in [5, 5.41) is 0. The number of ether oxygens (including phenoxy) is 1. The molecule has 12 heavy (non-hydrogen) atoms. The van der Waals surface area contributed by atoms with E-state index >= 15 is 0 Å². The molecule has 0 aromatic rings. The number of rotatable bonds is 7. The van der Waals surface area contributed by atoms with Crippen LogP contribution in [0.15, 0.2) is 0 Å². The molecule has 0 saturated carbocycles. The third-order valence-corrected chi connectivity index (χ3v) is 2.73. The van der Waals surface area contributed by atoms with E-state index in [1.54, 1.807) is 0 Å². The third-order valence-electron chi connectivity index (χ3n) is 2.46. The number of hydrogen-bond acceptors (Lipinski definition) is 1. The zero-order chi connectivity index (χ0) is 8.81. The van der Waals surface area contributed by atoms with Crippen molar-refractivity contribution in [3.8, 4) is 0 Å². The molecule has 0 bridgehead atoms. The molecule has 1 rings (SSSR count). The normalized spacial score (nSPS) is 27.5. The predicted octanol–water partition coefficient (Wildman–Crippen LogP) is 3.35. The van der Waals surface area contributed by atoms with Crippen LogP contribution >= 0.6 is 11.6 Å². The van der Waals surface area contributed by atoms with Gasteiger partial charge < -0.3 is 4.74 Å². The lowest BCUT2D eigenvalue weighted by Crippen LogP contribution is -1.89. The van der Waals surface area contributed by atoms with E-state index in [4.69, 9.17) is 16.3 Å². The molecule has 2 heteroatoms. The Bertz CT molecular complexity index is 116. The molecular formula is C10H19ClO. The van der Waals surface area contributed by atoms with E-state index in [9.17, 15) is 0 Å². The maximum absolute atomic E-state index is 5.57. The number of alkyl halides is 1. The van der Waals surface area contributed by atoms with Gasteiger partial charge in [0.2, 0.25) is 0 Å². The molecule has 0 amide bonds.